The highest BCUT2D eigenvalue weighted by atomic mass is 16.5. The van der Waals surface area contributed by atoms with Crippen LogP contribution in [-0.2, 0) is 17.6 Å². The number of benzene rings is 2. The fourth-order valence-electron chi connectivity index (χ4n) is 6.00. The van der Waals surface area contributed by atoms with Crippen molar-refractivity contribution < 1.29 is 14.3 Å². The molecule has 0 radical (unpaired) electrons. The number of carbonyl (C=O) groups excluding carboxylic acids is 2. The first kappa shape index (κ1) is 20.6. The van der Waals surface area contributed by atoms with Gasteiger partial charge in [0.15, 0.2) is 0 Å². The monoisotopic (exact) mass is 443 g/mol. The van der Waals surface area contributed by atoms with E-state index in [0.717, 1.165) is 55.5 Å². The molecular formula is C27H29N3O3. The Balaban J connectivity index is 1.23. The maximum absolute atomic E-state index is 13.5. The van der Waals surface area contributed by atoms with Crippen LogP contribution in [0.3, 0.4) is 0 Å². The predicted octanol–water partition coefficient (Wildman–Crippen LogP) is 3.75. The Morgan fingerprint density at radius 2 is 1.73 bits per heavy atom. The highest BCUT2D eigenvalue weighted by Gasteiger charge is 2.39. The van der Waals surface area contributed by atoms with Gasteiger partial charge in [-0.1, -0.05) is 12.1 Å². The van der Waals surface area contributed by atoms with Crippen LogP contribution in [-0.4, -0.2) is 66.7 Å². The lowest BCUT2D eigenvalue weighted by molar-refractivity contribution is 0.0303. The lowest BCUT2D eigenvalue weighted by atomic mass is 9.73. The van der Waals surface area contributed by atoms with E-state index in [1.807, 2.05) is 35.4 Å². The number of fused-ring (bicyclic) bond motifs is 4. The molecule has 33 heavy (non-hydrogen) atoms. The summed E-state index contributed by atoms with van der Waals surface area (Å²) in [6, 6.07) is 12.4. The number of hydrogen-bond acceptors (Lipinski definition) is 4. The topological polar surface area (TPSA) is 62.2 Å². The van der Waals surface area contributed by atoms with Crippen LogP contribution < -0.4 is 0 Å². The van der Waals surface area contributed by atoms with Crippen molar-refractivity contribution >= 4 is 23.7 Å². The molecule has 0 spiro atoms. The van der Waals surface area contributed by atoms with Crippen molar-refractivity contribution in [1.82, 2.24) is 9.80 Å². The number of carbonyl (C=O) groups is 2. The second-order valence-electron chi connectivity index (χ2n) is 9.53. The molecule has 3 aliphatic heterocycles. The molecule has 2 fully saturated rings. The minimum atomic E-state index is 0.0999. The summed E-state index contributed by atoms with van der Waals surface area (Å²) < 4.78 is 5.39. The molecule has 1 aliphatic carbocycles. The van der Waals surface area contributed by atoms with Crippen LogP contribution in [0.25, 0.3) is 0 Å². The van der Waals surface area contributed by atoms with Crippen LogP contribution in [0, 0.1) is 0 Å². The van der Waals surface area contributed by atoms with Crippen LogP contribution in [0.2, 0.25) is 0 Å². The van der Waals surface area contributed by atoms with Crippen LogP contribution in [0.4, 0.5) is 5.69 Å². The van der Waals surface area contributed by atoms with E-state index >= 15 is 0 Å². The largest absolute Gasteiger partial charge is 0.378 e. The Kier molecular flexibility index (Phi) is 5.25. The average molecular weight is 444 g/mol. The van der Waals surface area contributed by atoms with Gasteiger partial charge in [0.25, 0.3) is 11.8 Å². The molecular weight excluding hydrogens is 414 g/mol. The van der Waals surface area contributed by atoms with Crippen molar-refractivity contribution in [3.63, 3.8) is 0 Å². The lowest BCUT2D eigenvalue weighted by Gasteiger charge is -2.45. The van der Waals surface area contributed by atoms with E-state index in [9.17, 15) is 9.59 Å². The van der Waals surface area contributed by atoms with Gasteiger partial charge in [-0.25, -0.2) is 0 Å². The summed E-state index contributed by atoms with van der Waals surface area (Å²) in [5, 5.41) is 0. The second kappa shape index (κ2) is 8.41. The zero-order valence-corrected chi connectivity index (χ0v) is 18.8. The van der Waals surface area contributed by atoms with Crippen molar-refractivity contribution in [2.45, 2.75) is 44.1 Å². The summed E-state index contributed by atoms with van der Waals surface area (Å²) in [6.45, 7) is 3.35. The second-order valence-corrected chi connectivity index (χ2v) is 9.53. The number of likely N-dealkylation sites (tertiary alicyclic amines) is 1. The summed E-state index contributed by atoms with van der Waals surface area (Å²) in [5.41, 5.74) is 6.23. The number of nitrogens with zero attached hydrogens (tertiary/aromatic N) is 3. The molecule has 0 aromatic heterocycles. The summed E-state index contributed by atoms with van der Waals surface area (Å²) in [4.78, 5) is 34.9. The molecule has 2 amide bonds. The van der Waals surface area contributed by atoms with E-state index in [2.05, 4.69) is 22.0 Å². The molecule has 6 rings (SSSR count). The number of rotatable bonds is 2. The van der Waals surface area contributed by atoms with E-state index < -0.39 is 0 Å². The van der Waals surface area contributed by atoms with E-state index in [-0.39, 0.29) is 17.9 Å². The molecule has 0 N–H and O–H groups in total. The molecule has 2 saturated heterocycles. The van der Waals surface area contributed by atoms with Gasteiger partial charge in [0.2, 0.25) is 0 Å². The Labute approximate surface area is 194 Å². The van der Waals surface area contributed by atoms with Crippen molar-refractivity contribution in [3.05, 3.63) is 64.2 Å². The zero-order chi connectivity index (χ0) is 22.4. The molecule has 170 valence electrons. The number of morpholine rings is 1. The third kappa shape index (κ3) is 3.66. The summed E-state index contributed by atoms with van der Waals surface area (Å²) in [7, 11) is 0. The van der Waals surface area contributed by atoms with Crippen molar-refractivity contribution in [2.75, 3.05) is 32.8 Å². The smallest absolute Gasteiger partial charge is 0.254 e. The van der Waals surface area contributed by atoms with Crippen molar-refractivity contribution in [1.29, 1.82) is 0 Å². The first-order chi connectivity index (χ1) is 16.2. The molecule has 6 heteroatoms. The molecule has 3 heterocycles. The summed E-state index contributed by atoms with van der Waals surface area (Å²) in [6.07, 6.45) is 6.70. The Morgan fingerprint density at radius 3 is 2.61 bits per heavy atom. The van der Waals surface area contributed by atoms with Gasteiger partial charge in [0.05, 0.1) is 18.9 Å². The summed E-state index contributed by atoms with van der Waals surface area (Å²) in [5.74, 6) is 0.562. The number of hydrogen-bond donors (Lipinski definition) is 0. The first-order valence-electron chi connectivity index (χ1n) is 12.2. The number of amides is 2. The highest BCUT2D eigenvalue weighted by Crippen LogP contribution is 2.41. The third-order valence-electron chi connectivity index (χ3n) is 7.71. The van der Waals surface area contributed by atoms with Gasteiger partial charge in [0.1, 0.15) is 0 Å². The molecule has 2 aromatic rings. The van der Waals surface area contributed by atoms with Gasteiger partial charge in [-0.3, -0.25) is 14.6 Å². The number of aryl methyl sites for hydroxylation is 1. The maximum Gasteiger partial charge on any atom is 0.254 e. The molecule has 6 nitrogen and oxygen atoms in total. The van der Waals surface area contributed by atoms with Gasteiger partial charge in [-0.05, 0) is 66.6 Å². The van der Waals surface area contributed by atoms with E-state index in [1.165, 1.54) is 16.7 Å². The minimum absolute atomic E-state index is 0.0999. The van der Waals surface area contributed by atoms with Crippen LogP contribution >= 0.6 is 0 Å². The van der Waals surface area contributed by atoms with Gasteiger partial charge in [0, 0.05) is 55.4 Å². The molecule has 2 aromatic carbocycles. The van der Waals surface area contributed by atoms with Crippen molar-refractivity contribution in [3.8, 4) is 0 Å². The Bertz CT molecular complexity index is 1140. The molecule has 0 bridgehead atoms. The molecule has 1 unspecified atom stereocenters. The number of aliphatic imine (C=N–C) groups is 1. The number of ether oxygens (including phenoxy) is 1. The van der Waals surface area contributed by atoms with E-state index in [1.54, 1.807) is 0 Å². The zero-order valence-electron chi connectivity index (χ0n) is 18.8. The Hall–Kier alpha value is -2.99. The predicted molar refractivity (Wildman–Crippen MR) is 127 cm³/mol. The first-order valence-corrected chi connectivity index (χ1v) is 12.2. The van der Waals surface area contributed by atoms with E-state index in [0.29, 0.717) is 32.2 Å². The summed E-state index contributed by atoms with van der Waals surface area (Å²) >= 11 is 0. The van der Waals surface area contributed by atoms with Crippen LogP contribution in [0.5, 0.6) is 0 Å². The van der Waals surface area contributed by atoms with E-state index in [4.69, 9.17) is 4.74 Å². The minimum Gasteiger partial charge on any atom is -0.378 e. The fourth-order valence-corrected chi connectivity index (χ4v) is 6.00. The normalized spacial score (nSPS) is 23.6. The number of piperidine rings is 1. The van der Waals surface area contributed by atoms with Gasteiger partial charge >= 0.3 is 0 Å². The highest BCUT2D eigenvalue weighted by molar-refractivity contribution is 5.96. The SMILES string of the molecule is O=C(c1ccc2c(c1)CC[C@H]1C2CCCN1C(=O)c1ccc2c(c1)N=CC2)N1CCOCC1. The van der Waals surface area contributed by atoms with Crippen LogP contribution in [0.15, 0.2) is 41.4 Å². The maximum atomic E-state index is 13.5. The van der Waals surface area contributed by atoms with Crippen molar-refractivity contribution in [2.24, 2.45) is 4.99 Å². The fraction of sp³-hybridized carbons (Fsp3) is 0.444. The third-order valence-corrected chi connectivity index (χ3v) is 7.71. The molecule has 2 atom stereocenters. The van der Waals surface area contributed by atoms with Gasteiger partial charge in [-0.15, -0.1) is 0 Å². The molecule has 0 saturated carbocycles. The lowest BCUT2D eigenvalue weighted by Crippen LogP contribution is -2.49. The van der Waals surface area contributed by atoms with Crippen LogP contribution in [0.1, 0.15) is 62.6 Å². The van der Waals surface area contributed by atoms with Gasteiger partial charge in [-0.2, -0.15) is 0 Å². The van der Waals surface area contributed by atoms with Gasteiger partial charge < -0.3 is 14.5 Å². The average Bonchev–Trinajstić information content (AvgIpc) is 3.35. The molecule has 4 aliphatic rings. The Morgan fingerprint density at radius 1 is 0.909 bits per heavy atom. The quantitative estimate of drug-likeness (QED) is 0.710. The standard InChI is InChI=1S/C27H29N3O3/c31-26(29-12-14-33-15-13-29)20-5-7-22-19(16-20)6-8-25-23(22)2-1-11-30(25)27(32)21-4-3-18-9-10-28-24(18)17-21/h3-5,7,10,16-17,23,25H,1-2,6,8-9,11-15H2/t23?,25-/m0/s1.